The van der Waals surface area contributed by atoms with Gasteiger partial charge >= 0.3 is 0 Å². The van der Waals surface area contributed by atoms with E-state index in [4.69, 9.17) is 9.47 Å². The molecule has 0 aliphatic carbocycles. The predicted octanol–water partition coefficient (Wildman–Crippen LogP) is 3.71. The van der Waals surface area contributed by atoms with Gasteiger partial charge in [-0.2, -0.15) is 0 Å². The molecule has 0 bridgehead atoms. The van der Waals surface area contributed by atoms with Crippen LogP contribution in [0.2, 0.25) is 0 Å². The first-order valence-corrected chi connectivity index (χ1v) is 7.86. The van der Waals surface area contributed by atoms with Crippen molar-refractivity contribution in [2.45, 2.75) is 26.9 Å². The smallest absolute Gasteiger partial charge is 0.272 e. The summed E-state index contributed by atoms with van der Waals surface area (Å²) in [5.41, 5.74) is 1.04. The van der Waals surface area contributed by atoms with Gasteiger partial charge in [0, 0.05) is 11.6 Å². The van der Waals surface area contributed by atoms with Gasteiger partial charge in [-0.1, -0.05) is 12.1 Å². The molecule has 0 aromatic heterocycles. The van der Waals surface area contributed by atoms with Gasteiger partial charge in [0.2, 0.25) is 0 Å². The summed E-state index contributed by atoms with van der Waals surface area (Å²) in [5, 5.41) is 13.6. The van der Waals surface area contributed by atoms with E-state index in [1.165, 1.54) is 18.2 Å². The molecule has 1 amide bonds. The van der Waals surface area contributed by atoms with Crippen LogP contribution >= 0.6 is 0 Å². The Morgan fingerprint density at radius 2 is 2.00 bits per heavy atom. The Bertz CT molecular complexity index is 776. The van der Waals surface area contributed by atoms with Crippen molar-refractivity contribution in [1.82, 2.24) is 0 Å². The molecule has 0 unspecified atom stereocenters. The van der Waals surface area contributed by atoms with E-state index < -0.39 is 11.0 Å². The van der Waals surface area contributed by atoms with Crippen LogP contribution in [0.5, 0.6) is 11.5 Å². The molecule has 2 aromatic carbocycles. The van der Waals surface area contributed by atoms with E-state index in [2.05, 4.69) is 5.32 Å². The third-order valence-electron chi connectivity index (χ3n) is 3.49. The Labute approximate surface area is 145 Å². The minimum Gasteiger partial charge on any atom is -0.492 e. The molecular weight excluding hydrogens is 324 g/mol. The molecule has 7 nitrogen and oxygen atoms in total. The molecule has 0 spiro atoms. The summed E-state index contributed by atoms with van der Waals surface area (Å²) in [6.45, 7) is 5.58. The molecule has 0 saturated carbocycles. The highest BCUT2D eigenvalue weighted by molar-refractivity contribution is 5.95. The van der Waals surface area contributed by atoms with E-state index in [-0.39, 0.29) is 11.6 Å². The van der Waals surface area contributed by atoms with E-state index in [9.17, 15) is 14.9 Å². The fraction of sp³-hybridized carbons (Fsp3) is 0.278. The highest BCUT2D eigenvalue weighted by Gasteiger charge is 2.18. The first kappa shape index (κ1) is 18.3. The van der Waals surface area contributed by atoms with Gasteiger partial charge in [-0.15, -0.1) is 0 Å². The van der Waals surface area contributed by atoms with E-state index in [0.29, 0.717) is 29.4 Å². The van der Waals surface area contributed by atoms with Gasteiger partial charge in [0.1, 0.15) is 11.5 Å². The van der Waals surface area contributed by atoms with Crippen molar-refractivity contribution in [1.29, 1.82) is 0 Å². The number of nitrogens with zero attached hydrogens (tertiary/aromatic N) is 1. The zero-order valence-electron chi connectivity index (χ0n) is 14.3. The van der Waals surface area contributed by atoms with Crippen LogP contribution in [0.1, 0.15) is 19.4 Å². The molecule has 0 aliphatic heterocycles. The fourth-order valence-corrected chi connectivity index (χ4v) is 2.25. The van der Waals surface area contributed by atoms with Crippen molar-refractivity contribution in [2.75, 3.05) is 11.9 Å². The lowest BCUT2D eigenvalue weighted by Crippen LogP contribution is -2.30. The summed E-state index contributed by atoms with van der Waals surface area (Å²) in [6.07, 6.45) is -0.782. The Kier molecular flexibility index (Phi) is 5.94. The molecule has 7 heteroatoms. The third kappa shape index (κ3) is 4.69. The molecule has 0 heterocycles. The number of ether oxygens (including phenoxy) is 2. The molecule has 2 aromatic rings. The number of amides is 1. The number of anilines is 1. The number of hydrogen-bond acceptors (Lipinski definition) is 5. The predicted molar refractivity (Wildman–Crippen MR) is 94.2 cm³/mol. The largest absolute Gasteiger partial charge is 0.492 e. The number of nitrogens with one attached hydrogen (secondary N) is 1. The lowest BCUT2D eigenvalue weighted by Gasteiger charge is -2.16. The van der Waals surface area contributed by atoms with E-state index in [1.807, 2.05) is 13.0 Å². The van der Waals surface area contributed by atoms with E-state index >= 15 is 0 Å². The minimum atomic E-state index is -0.782. The lowest BCUT2D eigenvalue weighted by atomic mass is 10.2. The molecule has 2 rings (SSSR count). The van der Waals surface area contributed by atoms with Gasteiger partial charge in [0.15, 0.2) is 6.10 Å². The second-order valence-electron chi connectivity index (χ2n) is 5.38. The first-order valence-electron chi connectivity index (χ1n) is 7.86. The van der Waals surface area contributed by atoms with E-state index in [0.717, 1.165) is 0 Å². The zero-order valence-corrected chi connectivity index (χ0v) is 14.3. The van der Waals surface area contributed by atoms with Crippen LogP contribution in [0.15, 0.2) is 42.5 Å². The van der Waals surface area contributed by atoms with E-state index in [1.54, 1.807) is 32.0 Å². The van der Waals surface area contributed by atoms with Crippen molar-refractivity contribution in [2.24, 2.45) is 0 Å². The van der Waals surface area contributed by atoms with Crippen molar-refractivity contribution >= 4 is 17.3 Å². The van der Waals surface area contributed by atoms with Gasteiger partial charge in [-0.25, -0.2) is 0 Å². The SMILES string of the molecule is CCOc1ccccc1NC(=O)[C@@H](C)Oc1ccc([N+](=O)[O-])c(C)c1. The molecule has 25 heavy (non-hydrogen) atoms. The molecule has 0 saturated heterocycles. The van der Waals surface area contributed by atoms with Gasteiger partial charge in [0.25, 0.3) is 11.6 Å². The number of aryl methyl sites for hydroxylation is 1. The van der Waals surface area contributed by atoms with Gasteiger partial charge < -0.3 is 14.8 Å². The standard InChI is InChI=1S/C18H20N2O5/c1-4-24-17-8-6-5-7-15(17)19-18(21)13(3)25-14-9-10-16(20(22)23)12(2)11-14/h5-11,13H,4H2,1-3H3,(H,19,21)/t13-/m1/s1. The average molecular weight is 344 g/mol. The molecule has 1 atom stereocenters. The maximum atomic E-state index is 12.3. The maximum Gasteiger partial charge on any atom is 0.272 e. The Hall–Kier alpha value is -3.09. The van der Waals surface area contributed by atoms with Crippen molar-refractivity contribution in [3.63, 3.8) is 0 Å². The number of rotatable bonds is 7. The van der Waals surface area contributed by atoms with Crippen LogP contribution in [-0.4, -0.2) is 23.5 Å². The summed E-state index contributed by atoms with van der Waals surface area (Å²) in [4.78, 5) is 22.7. The summed E-state index contributed by atoms with van der Waals surface area (Å²) in [5.74, 6) is 0.628. The van der Waals surface area contributed by atoms with Crippen molar-refractivity contribution in [3.8, 4) is 11.5 Å². The highest BCUT2D eigenvalue weighted by Crippen LogP contribution is 2.26. The van der Waals surface area contributed by atoms with Crippen LogP contribution in [0.25, 0.3) is 0 Å². The van der Waals surface area contributed by atoms with Gasteiger partial charge in [-0.05, 0) is 45.0 Å². The molecule has 0 fully saturated rings. The van der Waals surface area contributed by atoms with Crippen LogP contribution < -0.4 is 14.8 Å². The topological polar surface area (TPSA) is 90.7 Å². The Morgan fingerprint density at radius 1 is 1.28 bits per heavy atom. The van der Waals surface area contributed by atoms with Crippen molar-refractivity contribution in [3.05, 3.63) is 58.1 Å². The number of carbonyl (C=O) groups excluding carboxylic acids is 1. The molecule has 132 valence electrons. The molecule has 0 radical (unpaired) electrons. The summed E-state index contributed by atoms with van der Waals surface area (Å²) in [6, 6.07) is 11.5. The second kappa shape index (κ2) is 8.14. The molecule has 0 aliphatic rings. The minimum absolute atomic E-state index is 0.00935. The zero-order chi connectivity index (χ0) is 18.4. The van der Waals surface area contributed by atoms with Gasteiger partial charge in [0.05, 0.1) is 17.2 Å². The number of para-hydroxylation sites is 2. The number of benzene rings is 2. The monoisotopic (exact) mass is 344 g/mol. The number of hydrogen-bond donors (Lipinski definition) is 1. The molecular formula is C18H20N2O5. The first-order chi connectivity index (χ1) is 11.9. The summed E-state index contributed by atoms with van der Waals surface area (Å²) < 4.78 is 11.1. The van der Waals surface area contributed by atoms with Gasteiger partial charge in [-0.3, -0.25) is 14.9 Å². The third-order valence-corrected chi connectivity index (χ3v) is 3.49. The number of carbonyl (C=O) groups is 1. The Balaban J connectivity index is 2.06. The normalized spacial score (nSPS) is 11.5. The van der Waals surface area contributed by atoms with Crippen molar-refractivity contribution < 1.29 is 19.2 Å². The number of nitro groups is 1. The molecule has 1 N–H and O–H groups in total. The maximum absolute atomic E-state index is 12.3. The summed E-state index contributed by atoms with van der Waals surface area (Å²) in [7, 11) is 0. The fourth-order valence-electron chi connectivity index (χ4n) is 2.25. The van der Waals surface area contributed by atoms with Crippen LogP contribution in [0, 0.1) is 17.0 Å². The lowest BCUT2D eigenvalue weighted by molar-refractivity contribution is -0.385. The highest BCUT2D eigenvalue weighted by atomic mass is 16.6. The van der Waals surface area contributed by atoms with Crippen LogP contribution in [0.3, 0.4) is 0 Å². The summed E-state index contributed by atoms with van der Waals surface area (Å²) >= 11 is 0. The van der Waals surface area contributed by atoms with Crippen LogP contribution in [0.4, 0.5) is 11.4 Å². The second-order valence-corrected chi connectivity index (χ2v) is 5.38. The Morgan fingerprint density at radius 3 is 2.64 bits per heavy atom. The quantitative estimate of drug-likeness (QED) is 0.611. The van der Waals surface area contributed by atoms with Crippen LogP contribution in [-0.2, 0) is 4.79 Å². The average Bonchev–Trinajstić information content (AvgIpc) is 2.56. The number of nitro benzene ring substituents is 1.